The highest BCUT2D eigenvalue weighted by molar-refractivity contribution is 6.35. The number of aryl methyl sites for hydroxylation is 1. The summed E-state index contributed by atoms with van der Waals surface area (Å²) < 4.78 is 5.89. The van der Waals surface area contributed by atoms with E-state index >= 15 is 0 Å². The van der Waals surface area contributed by atoms with Crippen LogP contribution in [0.4, 0.5) is 0 Å². The van der Waals surface area contributed by atoms with Crippen LogP contribution in [0.3, 0.4) is 0 Å². The Kier molecular flexibility index (Phi) is 3.72. The van der Waals surface area contributed by atoms with E-state index < -0.39 is 0 Å². The number of furan rings is 1. The number of imidazole rings is 1. The number of hydrogen-bond acceptors (Lipinski definition) is 3. The minimum Gasteiger partial charge on any atom is -0.449 e. The van der Waals surface area contributed by atoms with Gasteiger partial charge >= 0.3 is 0 Å². The van der Waals surface area contributed by atoms with E-state index in [0.717, 1.165) is 40.6 Å². The predicted octanol–water partition coefficient (Wildman–Crippen LogP) is 5.25. The van der Waals surface area contributed by atoms with Crippen LogP contribution < -0.4 is 0 Å². The van der Waals surface area contributed by atoms with E-state index in [1.165, 1.54) is 0 Å². The third-order valence-corrected chi connectivity index (χ3v) is 5.64. The van der Waals surface area contributed by atoms with Gasteiger partial charge in [0.1, 0.15) is 5.82 Å². The SMILES string of the molecule is Cc1c(C(=O)N2CCCC2c2nc3ccccc3[nH]2)oc2c(Cl)cccc12. The molecule has 0 bridgehead atoms. The Bertz CT molecular complexity index is 1140. The van der Waals surface area contributed by atoms with E-state index in [0.29, 0.717) is 22.9 Å². The number of carbonyl (C=O) groups excluding carboxylic acids is 1. The van der Waals surface area contributed by atoms with Crippen molar-refractivity contribution in [2.24, 2.45) is 0 Å². The number of likely N-dealkylation sites (tertiary alicyclic amines) is 1. The van der Waals surface area contributed by atoms with E-state index in [-0.39, 0.29) is 11.9 Å². The predicted molar refractivity (Wildman–Crippen MR) is 105 cm³/mol. The first-order valence-corrected chi connectivity index (χ1v) is 9.44. The fraction of sp³-hybridized carbons (Fsp3) is 0.238. The van der Waals surface area contributed by atoms with Gasteiger partial charge in [0.25, 0.3) is 5.91 Å². The molecular formula is C21H18ClN3O2. The molecule has 5 rings (SSSR count). The molecular weight excluding hydrogens is 362 g/mol. The molecule has 0 radical (unpaired) electrons. The van der Waals surface area contributed by atoms with Gasteiger partial charge < -0.3 is 14.3 Å². The van der Waals surface area contributed by atoms with Crippen molar-refractivity contribution in [1.82, 2.24) is 14.9 Å². The summed E-state index contributed by atoms with van der Waals surface area (Å²) in [6, 6.07) is 13.4. The number of nitrogens with one attached hydrogen (secondary N) is 1. The molecule has 1 saturated heterocycles. The lowest BCUT2D eigenvalue weighted by atomic mass is 10.1. The summed E-state index contributed by atoms with van der Waals surface area (Å²) >= 11 is 6.24. The van der Waals surface area contributed by atoms with Gasteiger partial charge in [0, 0.05) is 17.5 Å². The maximum Gasteiger partial charge on any atom is 0.290 e. The highest BCUT2D eigenvalue weighted by Gasteiger charge is 2.35. The van der Waals surface area contributed by atoms with Gasteiger partial charge in [-0.15, -0.1) is 0 Å². The number of amides is 1. The summed E-state index contributed by atoms with van der Waals surface area (Å²) in [4.78, 5) is 23.2. The fourth-order valence-corrected chi connectivity index (χ4v) is 4.18. The van der Waals surface area contributed by atoms with E-state index in [1.54, 1.807) is 6.07 Å². The Morgan fingerprint density at radius 1 is 1.26 bits per heavy atom. The van der Waals surface area contributed by atoms with E-state index in [4.69, 9.17) is 21.0 Å². The highest BCUT2D eigenvalue weighted by atomic mass is 35.5. The molecule has 5 nitrogen and oxygen atoms in total. The number of carbonyl (C=O) groups is 1. The summed E-state index contributed by atoms with van der Waals surface area (Å²) in [6.45, 7) is 2.59. The summed E-state index contributed by atoms with van der Waals surface area (Å²) in [7, 11) is 0. The highest BCUT2D eigenvalue weighted by Crippen LogP contribution is 2.36. The third kappa shape index (κ3) is 2.53. The quantitative estimate of drug-likeness (QED) is 0.517. The molecule has 1 aliphatic rings. The number of para-hydroxylation sites is 3. The average Bonchev–Trinajstić information content (AvgIpc) is 3.38. The molecule has 1 aliphatic heterocycles. The normalized spacial score (nSPS) is 17.3. The molecule has 1 amide bonds. The molecule has 3 heterocycles. The second-order valence-electron chi connectivity index (χ2n) is 6.97. The van der Waals surface area contributed by atoms with E-state index in [2.05, 4.69) is 4.98 Å². The third-order valence-electron chi connectivity index (χ3n) is 5.35. The number of fused-ring (bicyclic) bond motifs is 2. The van der Waals surface area contributed by atoms with Crippen molar-refractivity contribution in [2.75, 3.05) is 6.54 Å². The topological polar surface area (TPSA) is 62.1 Å². The van der Waals surface area contributed by atoms with Crippen molar-refractivity contribution in [3.63, 3.8) is 0 Å². The van der Waals surface area contributed by atoms with Crippen LogP contribution in [-0.4, -0.2) is 27.3 Å². The second-order valence-corrected chi connectivity index (χ2v) is 7.38. The Balaban J connectivity index is 1.54. The molecule has 1 atom stereocenters. The van der Waals surface area contributed by atoms with Crippen LogP contribution in [0, 0.1) is 6.92 Å². The smallest absolute Gasteiger partial charge is 0.290 e. The molecule has 136 valence electrons. The maximum atomic E-state index is 13.3. The van der Waals surface area contributed by atoms with Gasteiger partial charge in [-0.25, -0.2) is 4.98 Å². The molecule has 0 aliphatic carbocycles. The van der Waals surface area contributed by atoms with Gasteiger partial charge in [-0.1, -0.05) is 35.9 Å². The monoisotopic (exact) mass is 379 g/mol. The van der Waals surface area contributed by atoms with Crippen LogP contribution >= 0.6 is 11.6 Å². The van der Waals surface area contributed by atoms with Gasteiger partial charge in [-0.2, -0.15) is 0 Å². The van der Waals surface area contributed by atoms with E-state index in [1.807, 2.05) is 48.2 Å². The number of H-pyrrole nitrogens is 1. The largest absolute Gasteiger partial charge is 0.449 e. The molecule has 2 aromatic carbocycles. The second kappa shape index (κ2) is 6.13. The summed E-state index contributed by atoms with van der Waals surface area (Å²) in [5, 5.41) is 1.40. The van der Waals surface area contributed by atoms with Gasteiger partial charge in [0.15, 0.2) is 11.3 Å². The zero-order valence-corrected chi connectivity index (χ0v) is 15.6. The average molecular weight is 380 g/mol. The van der Waals surface area contributed by atoms with Crippen LogP contribution in [0.5, 0.6) is 0 Å². The molecule has 0 spiro atoms. The molecule has 1 fully saturated rings. The first-order valence-electron chi connectivity index (χ1n) is 9.06. The van der Waals surface area contributed by atoms with Crippen molar-refractivity contribution in [3.05, 3.63) is 64.6 Å². The number of aromatic nitrogens is 2. The lowest BCUT2D eigenvalue weighted by Crippen LogP contribution is -2.31. The molecule has 27 heavy (non-hydrogen) atoms. The van der Waals surface area contributed by atoms with Crippen LogP contribution in [0.25, 0.3) is 22.0 Å². The van der Waals surface area contributed by atoms with Gasteiger partial charge in [-0.3, -0.25) is 4.79 Å². The van der Waals surface area contributed by atoms with Crippen molar-refractivity contribution in [1.29, 1.82) is 0 Å². The van der Waals surface area contributed by atoms with Gasteiger partial charge in [-0.05, 0) is 38.0 Å². The number of hydrogen-bond donors (Lipinski definition) is 1. The molecule has 4 aromatic rings. The van der Waals surface area contributed by atoms with Crippen LogP contribution in [0.15, 0.2) is 46.9 Å². The Morgan fingerprint density at radius 3 is 2.93 bits per heavy atom. The number of nitrogens with zero attached hydrogens (tertiary/aromatic N) is 2. The van der Waals surface area contributed by atoms with Crippen molar-refractivity contribution < 1.29 is 9.21 Å². The van der Waals surface area contributed by atoms with Crippen molar-refractivity contribution in [3.8, 4) is 0 Å². The zero-order chi connectivity index (χ0) is 18.5. The number of halogens is 1. The number of aromatic amines is 1. The minimum atomic E-state index is -0.109. The minimum absolute atomic E-state index is 0.0759. The Morgan fingerprint density at radius 2 is 2.11 bits per heavy atom. The first kappa shape index (κ1) is 16.4. The summed E-state index contributed by atoms with van der Waals surface area (Å²) in [5.41, 5.74) is 3.30. The van der Waals surface area contributed by atoms with Crippen LogP contribution in [0.1, 0.15) is 40.8 Å². The lowest BCUT2D eigenvalue weighted by molar-refractivity contribution is 0.0699. The molecule has 1 N–H and O–H groups in total. The number of benzene rings is 2. The number of rotatable bonds is 2. The zero-order valence-electron chi connectivity index (χ0n) is 14.8. The van der Waals surface area contributed by atoms with Crippen LogP contribution in [0.2, 0.25) is 5.02 Å². The van der Waals surface area contributed by atoms with Crippen molar-refractivity contribution in [2.45, 2.75) is 25.8 Å². The molecule has 1 unspecified atom stereocenters. The lowest BCUT2D eigenvalue weighted by Gasteiger charge is -2.22. The molecule has 6 heteroatoms. The van der Waals surface area contributed by atoms with Gasteiger partial charge in [0.2, 0.25) is 0 Å². The Labute approximate surface area is 160 Å². The van der Waals surface area contributed by atoms with Crippen LogP contribution in [-0.2, 0) is 0 Å². The van der Waals surface area contributed by atoms with Gasteiger partial charge in [0.05, 0.1) is 22.1 Å². The maximum absolute atomic E-state index is 13.3. The first-order chi connectivity index (χ1) is 13.1. The fourth-order valence-electron chi connectivity index (χ4n) is 3.97. The standard InChI is InChI=1S/C21H18ClN3O2/c1-12-13-6-4-7-14(22)19(13)27-18(12)21(26)25-11-5-10-17(25)20-23-15-8-2-3-9-16(15)24-20/h2-4,6-9,17H,5,10-11H2,1H3,(H,23,24). The Hall–Kier alpha value is -2.79. The van der Waals surface area contributed by atoms with E-state index in [9.17, 15) is 4.79 Å². The summed E-state index contributed by atoms with van der Waals surface area (Å²) in [6.07, 6.45) is 1.82. The van der Waals surface area contributed by atoms with Crippen molar-refractivity contribution >= 4 is 39.5 Å². The molecule has 0 saturated carbocycles. The summed E-state index contributed by atoms with van der Waals surface area (Å²) in [5.74, 6) is 1.08. The molecule has 2 aromatic heterocycles.